The number of carboxylic acid groups (broad SMARTS) is 1. The Morgan fingerprint density at radius 1 is 1.00 bits per heavy atom. The molecular formula is C20H21ClF3N3O3. The maximum atomic E-state index is 13.3. The van der Waals surface area contributed by atoms with Crippen molar-refractivity contribution in [2.75, 3.05) is 43.0 Å². The Labute approximate surface area is 177 Å². The van der Waals surface area contributed by atoms with Gasteiger partial charge in [-0.25, -0.2) is 4.79 Å². The second-order valence-electron chi connectivity index (χ2n) is 6.77. The molecule has 6 nitrogen and oxygen atoms in total. The summed E-state index contributed by atoms with van der Waals surface area (Å²) in [6.45, 7) is 2.81. The van der Waals surface area contributed by atoms with E-state index in [9.17, 15) is 27.9 Å². The maximum Gasteiger partial charge on any atom is 0.472 e. The Balaban J connectivity index is 0.00000320. The van der Waals surface area contributed by atoms with Gasteiger partial charge in [-0.05, 0) is 37.4 Å². The van der Waals surface area contributed by atoms with Crippen molar-refractivity contribution in [3.63, 3.8) is 0 Å². The molecular weight excluding hydrogens is 423 g/mol. The van der Waals surface area contributed by atoms with E-state index in [1.165, 1.54) is 36.4 Å². The van der Waals surface area contributed by atoms with E-state index in [2.05, 4.69) is 4.90 Å². The first-order valence-corrected chi connectivity index (χ1v) is 8.95. The first kappa shape index (κ1) is 23.5. The van der Waals surface area contributed by atoms with Gasteiger partial charge < -0.3 is 14.9 Å². The number of amides is 1. The number of piperazine rings is 1. The Bertz CT molecular complexity index is 901. The predicted molar refractivity (Wildman–Crippen MR) is 110 cm³/mol. The molecule has 2 aromatic carbocycles. The van der Waals surface area contributed by atoms with E-state index in [-0.39, 0.29) is 29.3 Å². The Morgan fingerprint density at radius 3 is 2.13 bits per heavy atom. The van der Waals surface area contributed by atoms with Crippen LogP contribution >= 0.6 is 12.4 Å². The topological polar surface area (TPSA) is 64.1 Å². The van der Waals surface area contributed by atoms with Crippen molar-refractivity contribution in [2.45, 2.75) is 6.18 Å². The van der Waals surface area contributed by atoms with Gasteiger partial charge in [-0.1, -0.05) is 18.2 Å². The van der Waals surface area contributed by atoms with Crippen molar-refractivity contribution in [3.05, 3.63) is 54.1 Å². The van der Waals surface area contributed by atoms with Crippen LogP contribution in [0, 0.1) is 0 Å². The number of hydrogen-bond donors (Lipinski definition) is 1. The lowest BCUT2D eigenvalue weighted by Gasteiger charge is -2.35. The maximum absolute atomic E-state index is 13.3. The minimum Gasteiger partial charge on any atom is -0.478 e. The summed E-state index contributed by atoms with van der Waals surface area (Å²) >= 11 is 0. The SMILES string of the molecule is CN1CCN(c2ccc(C(=O)O)c(N(C(=O)C(F)(F)F)c3ccccc3)c2)CC1.Cl. The van der Waals surface area contributed by atoms with Crippen LogP contribution in [-0.2, 0) is 4.79 Å². The molecule has 3 rings (SSSR count). The van der Waals surface area contributed by atoms with Crippen LogP contribution in [0.15, 0.2) is 48.5 Å². The molecule has 0 atom stereocenters. The highest BCUT2D eigenvalue weighted by atomic mass is 35.5. The van der Waals surface area contributed by atoms with E-state index in [0.29, 0.717) is 23.7 Å². The largest absolute Gasteiger partial charge is 0.478 e. The van der Waals surface area contributed by atoms with Crippen molar-refractivity contribution in [1.29, 1.82) is 0 Å². The van der Waals surface area contributed by atoms with Crippen LogP contribution in [0.3, 0.4) is 0 Å². The molecule has 1 aliphatic heterocycles. The quantitative estimate of drug-likeness (QED) is 0.779. The highest BCUT2D eigenvalue weighted by molar-refractivity contribution is 6.09. The number of aromatic carboxylic acids is 1. The monoisotopic (exact) mass is 443 g/mol. The number of hydrogen-bond acceptors (Lipinski definition) is 4. The molecule has 1 saturated heterocycles. The van der Waals surface area contributed by atoms with E-state index in [4.69, 9.17) is 0 Å². The van der Waals surface area contributed by atoms with Crippen LogP contribution < -0.4 is 9.80 Å². The van der Waals surface area contributed by atoms with Crippen LogP contribution in [-0.4, -0.2) is 61.3 Å². The fourth-order valence-electron chi connectivity index (χ4n) is 3.22. The average molecular weight is 444 g/mol. The third-order valence-corrected chi connectivity index (χ3v) is 4.78. The van der Waals surface area contributed by atoms with Crippen LogP contribution in [0.2, 0.25) is 0 Å². The molecule has 2 aromatic rings. The summed E-state index contributed by atoms with van der Waals surface area (Å²) in [5.41, 5.74) is -0.200. The second-order valence-corrected chi connectivity index (χ2v) is 6.77. The standard InChI is InChI=1S/C20H20F3N3O3.ClH/c1-24-9-11-25(12-10-24)15-7-8-16(18(27)28)17(13-15)26(19(29)20(21,22)23)14-5-3-2-4-6-14;/h2-8,13H,9-12H2,1H3,(H,27,28);1H. The van der Waals surface area contributed by atoms with Crippen molar-refractivity contribution >= 4 is 41.3 Å². The number of carbonyl (C=O) groups excluding carboxylic acids is 1. The lowest BCUT2D eigenvalue weighted by atomic mass is 10.1. The number of nitrogens with zero attached hydrogens (tertiary/aromatic N) is 3. The van der Waals surface area contributed by atoms with Crippen LogP contribution in [0.4, 0.5) is 30.2 Å². The molecule has 1 heterocycles. The molecule has 0 radical (unpaired) electrons. The summed E-state index contributed by atoms with van der Waals surface area (Å²) in [4.78, 5) is 28.5. The number of halogens is 4. The van der Waals surface area contributed by atoms with Gasteiger partial charge in [-0.2, -0.15) is 13.2 Å². The fraction of sp³-hybridized carbons (Fsp3) is 0.300. The third kappa shape index (κ3) is 5.03. The van der Waals surface area contributed by atoms with Gasteiger partial charge in [0.05, 0.1) is 11.3 Å². The number of alkyl halides is 3. The highest BCUT2D eigenvalue weighted by Gasteiger charge is 2.44. The van der Waals surface area contributed by atoms with Gasteiger partial charge in [0.15, 0.2) is 0 Å². The first-order valence-electron chi connectivity index (χ1n) is 8.95. The molecule has 1 amide bonds. The predicted octanol–water partition coefficient (Wildman–Crippen LogP) is 3.79. The molecule has 30 heavy (non-hydrogen) atoms. The zero-order valence-electron chi connectivity index (χ0n) is 16.1. The van der Waals surface area contributed by atoms with E-state index in [1.54, 1.807) is 12.1 Å². The summed E-state index contributed by atoms with van der Waals surface area (Å²) in [5.74, 6) is -3.57. The number of benzene rings is 2. The summed E-state index contributed by atoms with van der Waals surface area (Å²) in [6.07, 6.45) is -5.17. The lowest BCUT2D eigenvalue weighted by molar-refractivity contribution is -0.169. The molecule has 162 valence electrons. The summed E-state index contributed by atoms with van der Waals surface area (Å²) in [7, 11) is 1.97. The number of carbonyl (C=O) groups is 2. The van der Waals surface area contributed by atoms with Gasteiger partial charge in [0, 0.05) is 37.6 Å². The zero-order chi connectivity index (χ0) is 21.2. The Morgan fingerprint density at radius 2 is 1.60 bits per heavy atom. The molecule has 1 aliphatic rings. The Hall–Kier alpha value is -2.78. The third-order valence-electron chi connectivity index (χ3n) is 4.78. The minimum absolute atomic E-state index is 0. The van der Waals surface area contributed by atoms with E-state index >= 15 is 0 Å². The van der Waals surface area contributed by atoms with Crippen molar-refractivity contribution in [2.24, 2.45) is 0 Å². The van der Waals surface area contributed by atoms with Gasteiger partial charge in [0.2, 0.25) is 0 Å². The second kappa shape index (κ2) is 9.36. The normalized spacial score (nSPS) is 14.7. The van der Waals surface area contributed by atoms with Crippen LogP contribution in [0.5, 0.6) is 0 Å². The molecule has 1 N–H and O–H groups in total. The van der Waals surface area contributed by atoms with Crippen LogP contribution in [0.1, 0.15) is 10.4 Å². The molecule has 0 spiro atoms. The fourth-order valence-corrected chi connectivity index (χ4v) is 3.22. The van der Waals surface area contributed by atoms with Gasteiger partial charge in [-0.15, -0.1) is 12.4 Å². The lowest BCUT2D eigenvalue weighted by Crippen LogP contribution is -2.44. The number of rotatable bonds is 4. The minimum atomic E-state index is -5.17. The zero-order valence-corrected chi connectivity index (χ0v) is 16.9. The van der Waals surface area contributed by atoms with E-state index < -0.39 is 18.1 Å². The summed E-state index contributed by atoms with van der Waals surface area (Å²) < 4.78 is 40.0. The van der Waals surface area contributed by atoms with E-state index in [1.807, 2.05) is 11.9 Å². The molecule has 10 heteroatoms. The van der Waals surface area contributed by atoms with Gasteiger partial charge in [-0.3, -0.25) is 9.69 Å². The van der Waals surface area contributed by atoms with Crippen molar-refractivity contribution in [3.8, 4) is 0 Å². The van der Waals surface area contributed by atoms with Crippen LogP contribution in [0.25, 0.3) is 0 Å². The molecule has 0 unspecified atom stereocenters. The number of anilines is 3. The number of para-hydroxylation sites is 1. The van der Waals surface area contributed by atoms with E-state index in [0.717, 1.165) is 13.1 Å². The molecule has 0 bridgehead atoms. The molecule has 1 fully saturated rings. The average Bonchev–Trinajstić information content (AvgIpc) is 2.68. The molecule has 0 saturated carbocycles. The first-order chi connectivity index (χ1) is 13.7. The Kier molecular flexibility index (Phi) is 7.33. The molecule has 0 aliphatic carbocycles. The number of likely N-dealkylation sites (N-methyl/N-ethyl adjacent to an activating group) is 1. The van der Waals surface area contributed by atoms with Crippen molar-refractivity contribution in [1.82, 2.24) is 4.90 Å². The smallest absolute Gasteiger partial charge is 0.472 e. The summed E-state index contributed by atoms with van der Waals surface area (Å²) in [6, 6.07) is 11.4. The van der Waals surface area contributed by atoms with Gasteiger partial charge in [0.1, 0.15) is 0 Å². The summed E-state index contributed by atoms with van der Waals surface area (Å²) in [5, 5.41) is 9.54. The molecule has 0 aromatic heterocycles. The highest BCUT2D eigenvalue weighted by Crippen LogP contribution is 2.36. The van der Waals surface area contributed by atoms with Gasteiger partial charge in [0.25, 0.3) is 0 Å². The van der Waals surface area contributed by atoms with Crippen molar-refractivity contribution < 1.29 is 27.9 Å². The number of carboxylic acids is 1. The van der Waals surface area contributed by atoms with Gasteiger partial charge >= 0.3 is 18.1 Å².